The molecule has 0 bridgehead atoms. The summed E-state index contributed by atoms with van der Waals surface area (Å²) >= 11 is 0. The van der Waals surface area contributed by atoms with Gasteiger partial charge in [0.15, 0.2) is 12.4 Å². The van der Waals surface area contributed by atoms with E-state index in [9.17, 15) is 19.7 Å². The Morgan fingerprint density at radius 1 is 1.30 bits per heavy atom. The van der Waals surface area contributed by atoms with Crippen LogP contribution in [-0.2, 0) is 9.59 Å². The van der Waals surface area contributed by atoms with E-state index in [4.69, 9.17) is 4.74 Å². The highest BCUT2D eigenvalue weighted by atomic mass is 16.6. The molecule has 8 heteroatoms. The number of aryl methyl sites for hydroxylation is 1. The van der Waals surface area contributed by atoms with Gasteiger partial charge in [-0.15, -0.1) is 0 Å². The van der Waals surface area contributed by atoms with Gasteiger partial charge < -0.3 is 15.0 Å². The summed E-state index contributed by atoms with van der Waals surface area (Å²) in [7, 11) is 0. The molecule has 0 aliphatic carbocycles. The van der Waals surface area contributed by atoms with Gasteiger partial charge in [-0.3, -0.25) is 19.7 Å². The molecule has 1 heterocycles. The van der Waals surface area contributed by atoms with E-state index < -0.39 is 10.8 Å². The van der Waals surface area contributed by atoms with Crippen LogP contribution >= 0.6 is 0 Å². The third-order valence-electron chi connectivity index (χ3n) is 4.21. The van der Waals surface area contributed by atoms with Gasteiger partial charge in [0.1, 0.15) is 0 Å². The van der Waals surface area contributed by atoms with E-state index in [-0.39, 0.29) is 24.0 Å². The van der Waals surface area contributed by atoms with Crippen LogP contribution in [0, 0.1) is 17.0 Å². The fourth-order valence-corrected chi connectivity index (χ4v) is 2.93. The van der Waals surface area contributed by atoms with Crippen LogP contribution in [0.15, 0.2) is 42.5 Å². The number of carbonyl (C=O) groups excluding carboxylic acids is 2. The van der Waals surface area contributed by atoms with Crippen molar-refractivity contribution < 1.29 is 19.2 Å². The molecular formula is C19H19N3O5. The normalized spacial score (nSPS) is 13.5. The average Bonchev–Trinajstić information content (AvgIpc) is 3.06. The number of anilines is 2. The van der Waals surface area contributed by atoms with Gasteiger partial charge in [-0.1, -0.05) is 18.2 Å². The maximum atomic E-state index is 12.3. The summed E-state index contributed by atoms with van der Waals surface area (Å²) in [6.07, 6.45) is 1.27. The predicted molar refractivity (Wildman–Crippen MR) is 100.0 cm³/mol. The molecule has 0 aromatic heterocycles. The molecule has 0 unspecified atom stereocenters. The number of benzene rings is 2. The summed E-state index contributed by atoms with van der Waals surface area (Å²) in [4.78, 5) is 36.4. The molecule has 0 saturated carbocycles. The molecule has 27 heavy (non-hydrogen) atoms. The SMILES string of the molecule is Cc1ccc([N+](=O)[O-])c(OCC(=O)Nc2ccccc2N2CCCC2=O)c1. The first kappa shape index (κ1) is 18.4. The molecule has 1 aliphatic rings. The zero-order chi connectivity index (χ0) is 19.4. The Hall–Kier alpha value is -3.42. The number of carbonyl (C=O) groups is 2. The van der Waals surface area contributed by atoms with Crippen molar-refractivity contribution in [2.75, 3.05) is 23.4 Å². The van der Waals surface area contributed by atoms with Crippen LogP contribution in [-0.4, -0.2) is 29.9 Å². The molecule has 1 aliphatic heterocycles. The fourth-order valence-electron chi connectivity index (χ4n) is 2.93. The topological polar surface area (TPSA) is 102 Å². The molecule has 1 N–H and O–H groups in total. The van der Waals surface area contributed by atoms with Crippen LogP contribution in [0.5, 0.6) is 5.75 Å². The first-order valence-corrected chi connectivity index (χ1v) is 8.53. The maximum absolute atomic E-state index is 12.3. The Bertz CT molecular complexity index is 897. The zero-order valence-corrected chi connectivity index (χ0v) is 14.8. The Kier molecular flexibility index (Phi) is 5.35. The van der Waals surface area contributed by atoms with Crippen molar-refractivity contribution >= 4 is 28.9 Å². The summed E-state index contributed by atoms with van der Waals surface area (Å²) in [6.45, 7) is 2.00. The van der Waals surface area contributed by atoms with Gasteiger partial charge in [0.05, 0.1) is 16.3 Å². The number of amides is 2. The van der Waals surface area contributed by atoms with Crippen LogP contribution in [0.2, 0.25) is 0 Å². The quantitative estimate of drug-likeness (QED) is 0.623. The number of para-hydroxylation sites is 2. The largest absolute Gasteiger partial charge is 0.477 e. The number of ether oxygens (including phenoxy) is 1. The van der Waals surface area contributed by atoms with Crippen molar-refractivity contribution in [1.82, 2.24) is 0 Å². The van der Waals surface area contributed by atoms with Crippen LogP contribution in [0.25, 0.3) is 0 Å². The minimum atomic E-state index is -0.555. The molecule has 8 nitrogen and oxygen atoms in total. The Morgan fingerprint density at radius 3 is 2.78 bits per heavy atom. The van der Waals surface area contributed by atoms with Crippen molar-refractivity contribution in [2.45, 2.75) is 19.8 Å². The average molecular weight is 369 g/mol. The molecule has 1 fully saturated rings. The van der Waals surface area contributed by atoms with Crippen LogP contribution in [0.3, 0.4) is 0 Å². The van der Waals surface area contributed by atoms with Crippen molar-refractivity contribution in [3.8, 4) is 5.75 Å². The monoisotopic (exact) mass is 369 g/mol. The summed E-state index contributed by atoms with van der Waals surface area (Å²) in [6, 6.07) is 11.5. The molecule has 2 aromatic rings. The maximum Gasteiger partial charge on any atom is 0.310 e. The summed E-state index contributed by atoms with van der Waals surface area (Å²) in [5.74, 6) is -0.411. The third kappa shape index (κ3) is 4.22. The lowest BCUT2D eigenvalue weighted by Crippen LogP contribution is -2.27. The first-order chi connectivity index (χ1) is 13.0. The second kappa shape index (κ2) is 7.86. The highest BCUT2D eigenvalue weighted by Gasteiger charge is 2.24. The standard InChI is InChI=1S/C19H19N3O5/c1-13-8-9-16(22(25)26)17(11-13)27-12-18(23)20-14-5-2-3-6-15(14)21-10-4-7-19(21)24/h2-3,5-6,8-9,11H,4,7,10,12H2,1H3,(H,20,23). The van der Waals surface area contributed by atoms with Gasteiger partial charge in [0, 0.05) is 19.0 Å². The minimum absolute atomic E-state index is 0.0170. The number of nitro groups is 1. The fraction of sp³-hybridized carbons (Fsp3) is 0.263. The van der Waals surface area contributed by atoms with Gasteiger partial charge in [-0.25, -0.2) is 0 Å². The molecule has 0 spiro atoms. The summed E-state index contributed by atoms with van der Waals surface area (Å²) < 4.78 is 5.37. The Balaban J connectivity index is 1.70. The summed E-state index contributed by atoms with van der Waals surface area (Å²) in [5, 5.41) is 13.8. The Labute approximate surface area is 155 Å². The van der Waals surface area contributed by atoms with E-state index in [0.717, 1.165) is 12.0 Å². The number of nitrogens with zero attached hydrogens (tertiary/aromatic N) is 2. The molecule has 0 atom stereocenters. The highest BCUT2D eigenvalue weighted by molar-refractivity contribution is 6.02. The molecule has 3 rings (SSSR count). The highest BCUT2D eigenvalue weighted by Crippen LogP contribution is 2.30. The van der Waals surface area contributed by atoms with Crippen molar-refractivity contribution in [3.63, 3.8) is 0 Å². The number of hydrogen-bond donors (Lipinski definition) is 1. The molecule has 1 saturated heterocycles. The number of nitro benzene ring substituents is 1. The van der Waals surface area contributed by atoms with Gasteiger partial charge in [0.2, 0.25) is 5.91 Å². The molecule has 0 radical (unpaired) electrons. The third-order valence-corrected chi connectivity index (χ3v) is 4.21. The van der Waals surface area contributed by atoms with Crippen LogP contribution in [0.1, 0.15) is 18.4 Å². The van der Waals surface area contributed by atoms with Gasteiger partial charge >= 0.3 is 5.69 Å². The smallest absolute Gasteiger partial charge is 0.310 e. The second-order valence-electron chi connectivity index (χ2n) is 6.23. The van der Waals surface area contributed by atoms with E-state index >= 15 is 0 Å². The number of hydrogen-bond acceptors (Lipinski definition) is 5. The van der Waals surface area contributed by atoms with Gasteiger partial charge in [-0.05, 0) is 37.1 Å². The number of rotatable bonds is 6. The first-order valence-electron chi connectivity index (χ1n) is 8.53. The Morgan fingerprint density at radius 2 is 2.07 bits per heavy atom. The molecule has 140 valence electrons. The lowest BCUT2D eigenvalue weighted by Gasteiger charge is -2.20. The lowest BCUT2D eigenvalue weighted by molar-refractivity contribution is -0.385. The van der Waals surface area contributed by atoms with E-state index in [1.54, 1.807) is 42.2 Å². The minimum Gasteiger partial charge on any atom is -0.477 e. The van der Waals surface area contributed by atoms with Crippen LogP contribution < -0.4 is 15.0 Å². The number of nitrogens with one attached hydrogen (secondary N) is 1. The van der Waals surface area contributed by atoms with Gasteiger partial charge in [0.25, 0.3) is 5.91 Å². The van der Waals surface area contributed by atoms with E-state index in [2.05, 4.69) is 5.32 Å². The van der Waals surface area contributed by atoms with Gasteiger partial charge in [-0.2, -0.15) is 0 Å². The second-order valence-corrected chi connectivity index (χ2v) is 6.23. The van der Waals surface area contributed by atoms with Crippen molar-refractivity contribution in [2.24, 2.45) is 0 Å². The predicted octanol–water partition coefficient (Wildman–Crippen LogP) is 3.05. The van der Waals surface area contributed by atoms with Crippen molar-refractivity contribution in [3.05, 3.63) is 58.1 Å². The van der Waals surface area contributed by atoms with Crippen molar-refractivity contribution in [1.29, 1.82) is 0 Å². The zero-order valence-electron chi connectivity index (χ0n) is 14.8. The van der Waals surface area contributed by atoms with E-state index in [0.29, 0.717) is 24.3 Å². The van der Waals surface area contributed by atoms with E-state index in [1.807, 2.05) is 0 Å². The molecule has 2 amide bonds. The molecule has 2 aromatic carbocycles. The van der Waals surface area contributed by atoms with Crippen LogP contribution in [0.4, 0.5) is 17.1 Å². The molecular weight excluding hydrogens is 350 g/mol. The summed E-state index contributed by atoms with van der Waals surface area (Å²) in [5.41, 5.74) is 1.72. The lowest BCUT2D eigenvalue weighted by atomic mass is 10.2. The van der Waals surface area contributed by atoms with E-state index in [1.165, 1.54) is 12.1 Å².